The molecule has 29 heavy (non-hydrogen) atoms. The first-order valence-corrected chi connectivity index (χ1v) is 11.4. The van der Waals surface area contributed by atoms with Crippen molar-refractivity contribution in [1.82, 2.24) is 14.9 Å². The van der Waals surface area contributed by atoms with Gasteiger partial charge in [0.1, 0.15) is 5.82 Å². The van der Waals surface area contributed by atoms with Gasteiger partial charge in [0.15, 0.2) is 0 Å². The average molecular weight is 415 g/mol. The smallest absolute Gasteiger partial charge is 0.409 e. The van der Waals surface area contributed by atoms with Gasteiger partial charge in [-0.05, 0) is 43.1 Å². The van der Waals surface area contributed by atoms with Crippen LogP contribution in [0.2, 0.25) is 0 Å². The second-order valence-electron chi connectivity index (χ2n) is 7.80. The molecule has 1 aliphatic rings. The Morgan fingerprint density at radius 2 is 1.93 bits per heavy atom. The molecule has 0 spiro atoms. The number of carbonyl (C=O) groups excluding carboxylic acids is 1. The number of anilines is 1. The SMILES string of the molecule is CSc1ccc(-c2cnc(NCC3CCN(C(=O)OCC(C)C)CC3)cn2)cc1. The molecule has 1 saturated heterocycles. The lowest BCUT2D eigenvalue weighted by atomic mass is 9.97. The maximum absolute atomic E-state index is 12.0. The van der Waals surface area contributed by atoms with Crippen LogP contribution >= 0.6 is 11.8 Å². The van der Waals surface area contributed by atoms with Crippen LogP contribution in [0.25, 0.3) is 11.3 Å². The van der Waals surface area contributed by atoms with E-state index in [-0.39, 0.29) is 6.09 Å². The molecule has 6 nitrogen and oxygen atoms in total. The van der Waals surface area contributed by atoms with Crippen molar-refractivity contribution in [1.29, 1.82) is 0 Å². The van der Waals surface area contributed by atoms with Gasteiger partial charge in [-0.1, -0.05) is 26.0 Å². The Kier molecular flexibility index (Phi) is 7.75. The molecule has 156 valence electrons. The monoisotopic (exact) mass is 414 g/mol. The number of likely N-dealkylation sites (tertiary alicyclic amines) is 1. The third kappa shape index (κ3) is 6.35. The van der Waals surface area contributed by atoms with E-state index in [9.17, 15) is 4.79 Å². The van der Waals surface area contributed by atoms with Crippen LogP contribution in [0.1, 0.15) is 26.7 Å². The van der Waals surface area contributed by atoms with Crippen LogP contribution in [0.5, 0.6) is 0 Å². The topological polar surface area (TPSA) is 67.4 Å². The summed E-state index contributed by atoms with van der Waals surface area (Å²) in [5.74, 6) is 1.67. The first kappa shape index (κ1) is 21.4. The van der Waals surface area contributed by atoms with E-state index in [1.54, 1.807) is 18.0 Å². The maximum Gasteiger partial charge on any atom is 0.409 e. The molecule has 7 heteroatoms. The third-order valence-corrected chi connectivity index (χ3v) is 5.77. The standard InChI is InChI=1S/C22H30N4O2S/c1-16(2)15-28-22(27)26-10-8-17(9-11-26)12-24-21-14-23-20(13-25-21)18-4-6-19(29-3)7-5-18/h4-7,13-14,16-17H,8-12,15H2,1-3H3,(H,24,25). The number of hydrogen-bond donors (Lipinski definition) is 1. The summed E-state index contributed by atoms with van der Waals surface area (Å²) in [6.45, 7) is 6.91. The van der Waals surface area contributed by atoms with Gasteiger partial charge >= 0.3 is 6.09 Å². The van der Waals surface area contributed by atoms with E-state index in [0.717, 1.165) is 49.6 Å². The van der Waals surface area contributed by atoms with Gasteiger partial charge in [0.2, 0.25) is 0 Å². The van der Waals surface area contributed by atoms with Crippen molar-refractivity contribution in [3.63, 3.8) is 0 Å². The molecule has 0 atom stereocenters. The molecule has 1 aromatic carbocycles. The van der Waals surface area contributed by atoms with E-state index in [2.05, 4.69) is 45.8 Å². The molecule has 1 aliphatic heterocycles. The molecule has 1 N–H and O–H groups in total. The number of amides is 1. The van der Waals surface area contributed by atoms with Crippen LogP contribution in [0.3, 0.4) is 0 Å². The van der Waals surface area contributed by atoms with Gasteiger partial charge in [-0.2, -0.15) is 0 Å². The molecule has 2 heterocycles. The minimum atomic E-state index is -0.183. The second kappa shape index (κ2) is 10.5. The molecule has 0 bridgehead atoms. The number of piperidine rings is 1. The fourth-order valence-electron chi connectivity index (χ4n) is 3.23. The van der Waals surface area contributed by atoms with Crippen molar-refractivity contribution >= 4 is 23.7 Å². The number of rotatable bonds is 7. The van der Waals surface area contributed by atoms with Gasteiger partial charge < -0.3 is 15.0 Å². The number of ether oxygens (including phenoxy) is 1. The van der Waals surface area contributed by atoms with E-state index in [1.807, 2.05) is 24.9 Å². The summed E-state index contributed by atoms with van der Waals surface area (Å²) in [7, 11) is 0. The summed E-state index contributed by atoms with van der Waals surface area (Å²) < 4.78 is 5.32. The van der Waals surface area contributed by atoms with Crippen molar-refractivity contribution < 1.29 is 9.53 Å². The molecule has 1 amide bonds. The molecule has 0 unspecified atom stereocenters. The number of nitrogens with zero attached hydrogens (tertiary/aromatic N) is 3. The predicted molar refractivity (Wildman–Crippen MR) is 118 cm³/mol. The second-order valence-corrected chi connectivity index (χ2v) is 8.68. The molecule has 0 aliphatic carbocycles. The van der Waals surface area contributed by atoms with E-state index in [1.165, 1.54) is 4.90 Å². The van der Waals surface area contributed by atoms with E-state index < -0.39 is 0 Å². The lowest BCUT2D eigenvalue weighted by molar-refractivity contribution is 0.0799. The highest BCUT2D eigenvalue weighted by Gasteiger charge is 2.23. The van der Waals surface area contributed by atoms with Crippen LogP contribution in [-0.4, -0.2) is 53.5 Å². The van der Waals surface area contributed by atoms with Gasteiger partial charge in [-0.3, -0.25) is 4.98 Å². The fourth-order valence-corrected chi connectivity index (χ4v) is 3.64. The van der Waals surface area contributed by atoms with Crippen LogP contribution < -0.4 is 5.32 Å². The molecule has 2 aromatic rings. The van der Waals surface area contributed by atoms with Crippen LogP contribution in [0, 0.1) is 11.8 Å². The number of thioether (sulfide) groups is 1. The Bertz CT molecular complexity index is 772. The molecule has 3 rings (SSSR count). The molecule has 1 fully saturated rings. The highest BCUT2D eigenvalue weighted by atomic mass is 32.2. The Balaban J connectivity index is 1.43. The van der Waals surface area contributed by atoms with Crippen molar-refractivity contribution in [2.45, 2.75) is 31.6 Å². The summed E-state index contributed by atoms with van der Waals surface area (Å²) in [5.41, 5.74) is 1.94. The highest BCUT2D eigenvalue weighted by molar-refractivity contribution is 7.98. The molecular formula is C22H30N4O2S. The number of aromatic nitrogens is 2. The molecule has 0 radical (unpaired) electrons. The lowest BCUT2D eigenvalue weighted by Gasteiger charge is -2.31. The summed E-state index contributed by atoms with van der Waals surface area (Å²) in [5, 5.41) is 3.38. The number of benzene rings is 1. The summed E-state index contributed by atoms with van der Waals surface area (Å²) in [4.78, 5) is 24.1. The predicted octanol–water partition coefficient (Wildman–Crippen LogP) is 4.78. The van der Waals surface area contributed by atoms with Crippen LogP contribution in [0.15, 0.2) is 41.6 Å². The summed E-state index contributed by atoms with van der Waals surface area (Å²) in [6, 6.07) is 8.34. The highest BCUT2D eigenvalue weighted by Crippen LogP contribution is 2.22. The van der Waals surface area contributed by atoms with Crippen LogP contribution in [-0.2, 0) is 4.74 Å². The van der Waals surface area contributed by atoms with E-state index in [0.29, 0.717) is 18.4 Å². The molecular weight excluding hydrogens is 384 g/mol. The Hall–Kier alpha value is -2.28. The van der Waals surface area contributed by atoms with Crippen molar-refractivity contribution in [3.05, 3.63) is 36.7 Å². The zero-order chi connectivity index (χ0) is 20.6. The zero-order valence-corrected chi connectivity index (χ0v) is 18.2. The van der Waals surface area contributed by atoms with E-state index in [4.69, 9.17) is 4.74 Å². The van der Waals surface area contributed by atoms with Gasteiger partial charge in [-0.15, -0.1) is 11.8 Å². The molecule has 0 saturated carbocycles. The van der Waals surface area contributed by atoms with Gasteiger partial charge in [0.25, 0.3) is 0 Å². The lowest BCUT2D eigenvalue weighted by Crippen LogP contribution is -2.40. The number of hydrogen-bond acceptors (Lipinski definition) is 6. The maximum atomic E-state index is 12.0. The van der Waals surface area contributed by atoms with Gasteiger partial charge in [0, 0.05) is 30.1 Å². The van der Waals surface area contributed by atoms with Crippen molar-refractivity contribution in [3.8, 4) is 11.3 Å². The largest absolute Gasteiger partial charge is 0.449 e. The zero-order valence-electron chi connectivity index (χ0n) is 17.4. The Morgan fingerprint density at radius 3 is 2.52 bits per heavy atom. The van der Waals surface area contributed by atoms with Crippen molar-refractivity contribution in [2.24, 2.45) is 11.8 Å². The van der Waals surface area contributed by atoms with Gasteiger partial charge in [0.05, 0.1) is 24.7 Å². The Morgan fingerprint density at radius 1 is 1.21 bits per heavy atom. The first-order chi connectivity index (χ1) is 14.0. The average Bonchev–Trinajstić information content (AvgIpc) is 2.77. The summed E-state index contributed by atoms with van der Waals surface area (Å²) >= 11 is 1.73. The Labute approximate surface area is 177 Å². The molecule has 1 aromatic heterocycles. The van der Waals surface area contributed by atoms with Crippen LogP contribution in [0.4, 0.5) is 10.6 Å². The third-order valence-electron chi connectivity index (χ3n) is 5.02. The first-order valence-electron chi connectivity index (χ1n) is 10.2. The minimum Gasteiger partial charge on any atom is -0.449 e. The normalized spacial score (nSPS) is 14.8. The number of carbonyl (C=O) groups is 1. The van der Waals surface area contributed by atoms with Gasteiger partial charge in [-0.25, -0.2) is 9.78 Å². The minimum absolute atomic E-state index is 0.183. The van der Waals surface area contributed by atoms with E-state index >= 15 is 0 Å². The quantitative estimate of drug-likeness (QED) is 0.658. The number of nitrogens with one attached hydrogen (secondary N) is 1. The summed E-state index contributed by atoms with van der Waals surface area (Å²) in [6.07, 6.45) is 7.42. The van der Waals surface area contributed by atoms with Crippen molar-refractivity contribution in [2.75, 3.05) is 37.8 Å². The fraction of sp³-hybridized carbons (Fsp3) is 0.500.